The number of anilines is 1. The van der Waals surface area contributed by atoms with Crippen LogP contribution in [0.1, 0.15) is 0 Å². The fraction of sp³-hybridized carbons (Fsp3) is 0. The van der Waals surface area contributed by atoms with Crippen molar-refractivity contribution in [3.8, 4) is 23.0 Å². The van der Waals surface area contributed by atoms with Crippen molar-refractivity contribution in [2.75, 3.05) is 5.73 Å². The molecule has 0 radical (unpaired) electrons. The van der Waals surface area contributed by atoms with Gasteiger partial charge in [-0.2, -0.15) is 4.98 Å². The first-order valence-electron chi connectivity index (χ1n) is 5.65. The molecular weight excluding hydrogens is 299 g/mol. The third-order valence-electron chi connectivity index (χ3n) is 2.64. The summed E-state index contributed by atoms with van der Waals surface area (Å²) >= 11 is 11.9. The lowest BCUT2D eigenvalue weighted by Crippen LogP contribution is -1.92. The van der Waals surface area contributed by atoms with Gasteiger partial charge >= 0.3 is 0 Å². The van der Waals surface area contributed by atoms with E-state index >= 15 is 0 Å². The van der Waals surface area contributed by atoms with Crippen LogP contribution in [0.15, 0.2) is 41.1 Å². The van der Waals surface area contributed by atoms with Gasteiger partial charge in [0.15, 0.2) is 0 Å². The van der Waals surface area contributed by atoms with Crippen molar-refractivity contribution >= 4 is 28.9 Å². The van der Waals surface area contributed by atoms with Gasteiger partial charge in [0.25, 0.3) is 5.89 Å². The smallest absolute Gasteiger partial charge is 0.260 e. The minimum absolute atomic E-state index is 0.243. The number of nitrogens with two attached hydrogens (primary N) is 1. The zero-order chi connectivity index (χ0) is 14.1. The summed E-state index contributed by atoms with van der Waals surface area (Å²) in [5.74, 6) is 0.614. The number of halogens is 2. The highest BCUT2D eigenvalue weighted by Gasteiger charge is 2.16. The third-order valence-corrected chi connectivity index (χ3v) is 3.18. The molecule has 1 aromatic carbocycles. The zero-order valence-corrected chi connectivity index (χ0v) is 11.6. The Morgan fingerprint density at radius 3 is 2.75 bits per heavy atom. The van der Waals surface area contributed by atoms with E-state index in [-0.39, 0.29) is 5.89 Å². The maximum absolute atomic E-state index is 5.98. The van der Waals surface area contributed by atoms with Crippen molar-refractivity contribution in [1.29, 1.82) is 0 Å². The quantitative estimate of drug-likeness (QED) is 0.731. The molecule has 0 saturated heterocycles. The molecule has 5 nitrogen and oxygen atoms in total. The van der Waals surface area contributed by atoms with Crippen LogP contribution in [0.2, 0.25) is 10.0 Å². The summed E-state index contributed by atoms with van der Waals surface area (Å²) in [6, 6.07) is 8.60. The van der Waals surface area contributed by atoms with Gasteiger partial charge in [-0.25, -0.2) is 0 Å². The molecular formula is C13H8Cl2N4O. The minimum Gasteiger partial charge on any atom is -0.397 e. The Labute approximate surface area is 124 Å². The second kappa shape index (κ2) is 5.11. The predicted octanol–water partition coefficient (Wildman–Crippen LogP) is 3.69. The molecule has 0 unspecified atom stereocenters. The second-order valence-electron chi connectivity index (χ2n) is 3.99. The molecule has 2 heterocycles. The van der Waals surface area contributed by atoms with Gasteiger partial charge in [-0.15, -0.1) is 0 Å². The van der Waals surface area contributed by atoms with Crippen LogP contribution in [0.3, 0.4) is 0 Å². The van der Waals surface area contributed by atoms with Gasteiger partial charge < -0.3 is 10.3 Å². The summed E-state index contributed by atoms with van der Waals surface area (Å²) in [5, 5.41) is 4.65. The Bertz CT molecular complexity index is 758. The molecule has 2 aromatic heterocycles. The minimum atomic E-state index is 0.243. The van der Waals surface area contributed by atoms with E-state index in [1.165, 1.54) is 0 Å². The van der Waals surface area contributed by atoms with Crippen molar-refractivity contribution in [2.45, 2.75) is 0 Å². The van der Waals surface area contributed by atoms with E-state index in [9.17, 15) is 0 Å². The summed E-state index contributed by atoms with van der Waals surface area (Å²) in [6.07, 6.45) is 1.65. The highest BCUT2D eigenvalue weighted by molar-refractivity contribution is 6.37. The molecule has 0 aliphatic carbocycles. The highest BCUT2D eigenvalue weighted by Crippen LogP contribution is 2.34. The van der Waals surface area contributed by atoms with Gasteiger partial charge in [0.05, 0.1) is 16.3 Å². The number of rotatable bonds is 2. The van der Waals surface area contributed by atoms with Crippen LogP contribution in [0.4, 0.5) is 5.69 Å². The monoisotopic (exact) mass is 306 g/mol. The SMILES string of the molecule is Nc1c(Cl)cc(Cl)cc1-c1nc(-c2ccccn2)no1. The topological polar surface area (TPSA) is 77.8 Å². The van der Waals surface area contributed by atoms with Crippen LogP contribution < -0.4 is 5.73 Å². The lowest BCUT2D eigenvalue weighted by Gasteiger charge is -2.03. The summed E-state index contributed by atoms with van der Waals surface area (Å²) < 4.78 is 5.20. The predicted molar refractivity (Wildman–Crippen MR) is 77.4 cm³/mol. The fourth-order valence-corrected chi connectivity index (χ4v) is 2.19. The lowest BCUT2D eigenvalue weighted by molar-refractivity contribution is 0.432. The molecule has 0 atom stereocenters. The fourth-order valence-electron chi connectivity index (χ4n) is 1.69. The highest BCUT2D eigenvalue weighted by atomic mass is 35.5. The number of nitrogen functional groups attached to an aromatic ring is 1. The molecule has 0 aliphatic rings. The molecule has 0 spiro atoms. The standard InChI is InChI=1S/C13H8Cl2N4O/c14-7-5-8(11(16)9(15)6-7)13-18-12(19-20-13)10-3-1-2-4-17-10/h1-6H,16H2. The first-order chi connectivity index (χ1) is 9.65. The summed E-state index contributed by atoms with van der Waals surface area (Å²) in [4.78, 5) is 8.40. The normalized spacial score (nSPS) is 10.7. The van der Waals surface area contributed by atoms with Crippen LogP contribution in [0.25, 0.3) is 23.0 Å². The van der Waals surface area contributed by atoms with Crippen LogP contribution >= 0.6 is 23.2 Å². The Balaban J connectivity index is 2.07. The Kier molecular flexibility index (Phi) is 3.30. The maximum Gasteiger partial charge on any atom is 0.260 e. The lowest BCUT2D eigenvalue weighted by atomic mass is 10.2. The zero-order valence-electron chi connectivity index (χ0n) is 10.0. The average Bonchev–Trinajstić information content (AvgIpc) is 2.93. The Hall–Kier alpha value is -2.11. The number of hydrogen-bond donors (Lipinski definition) is 1. The van der Waals surface area contributed by atoms with Gasteiger partial charge in [0.1, 0.15) is 5.69 Å². The van der Waals surface area contributed by atoms with Crippen molar-refractivity contribution in [1.82, 2.24) is 15.1 Å². The Morgan fingerprint density at radius 2 is 2.00 bits per heavy atom. The van der Waals surface area contributed by atoms with Crippen molar-refractivity contribution in [3.05, 3.63) is 46.6 Å². The van der Waals surface area contributed by atoms with Gasteiger partial charge in [0.2, 0.25) is 5.82 Å². The molecule has 0 saturated carbocycles. The van der Waals surface area contributed by atoms with E-state index in [0.29, 0.717) is 32.8 Å². The van der Waals surface area contributed by atoms with Gasteiger partial charge in [-0.05, 0) is 24.3 Å². The Morgan fingerprint density at radius 1 is 1.15 bits per heavy atom. The number of hydrogen-bond acceptors (Lipinski definition) is 5. The molecule has 20 heavy (non-hydrogen) atoms. The van der Waals surface area contributed by atoms with E-state index in [1.54, 1.807) is 30.5 Å². The summed E-state index contributed by atoms with van der Waals surface area (Å²) in [5.41, 5.74) is 7.34. The molecule has 0 fully saturated rings. The molecule has 0 amide bonds. The summed E-state index contributed by atoms with van der Waals surface area (Å²) in [6.45, 7) is 0. The van der Waals surface area contributed by atoms with Gasteiger partial charge in [-0.1, -0.05) is 34.4 Å². The second-order valence-corrected chi connectivity index (χ2v) is 4.83. The molecule has 3 aromatic rings. The van der Waals surface area contributed by atoms with E-state index in [1.807, 2.05) is 6.07 Å². The molecule has 7 heteroatoms. The molecule has 0 bridgehead atoms. The van der Waals surface area contributed by atoms with Gasteiger partial charge in [0, 0.05) is 11.2 Å². The molecule has 3 rings (SSSR count). The van der Waals surface area contributed by atoms with Crippen LogP contribution in [0, 0.1) is 0 Å². The maximum atomic E-state index is 5.98. The van der Waals surface area contributed by atoms with Crippen LogP contribution in [-0.2, 0) is 0 Å². The number of pyridine rings is 1. The average molecular weight is 307 g/mol. The van der Waals surface area contributed by atoms with Crippen LogP contribution in [-0.4, -0.2) is 15.1 Å². The van der Waals surface area contributed by atoms with Crippen LogP contribution in [0.5, 0.6) is 0 Å². The van der Waals surface area contributed by atoms with E-state index < -0.39 is 0 Å². The number of nitrogens with zero attached hydrogens (tertiary/aromatic N) is 3. The largest absolute Gasteiger partial charge is 0.397 e. The molecule has 100 valence electrons. The van der Waals surface area contributed by atoms with Crippen molar-refractivity contribution < 1.29 is 4.52 Å². The first-order valence-corrected chi connectivity index (χ1v) is 6.41. The molecule has 2 N–H and O–H groups in total. The van der Waals surface area contributed by atoms with Crippen molar-refractivity contribution in [2.24, 2.45) is 0 Å². The number of aromatic nitrogens is 3. The third kappa shape index (κ3) is 2.33. The van der Waals surface area contributed by atoms with E-state index in [4.69, 9.17) is 33.5 Å². The summed E-state index contributed by atoms with van der Waals surface area (Å²) in [7, 11) is 0. The van der Waals surface area contributed by atoms with Gasteiger partial charge in [-0.3, -0.25) is 4.98 Å². The number of benzene rings is 1. The molecule has 0 aliphatic heterocycles. The van der Waals surface area contributed by atoms with Crippen molar-refractivity contribution in [3.63, 3.8) is 0 Å². The van der Waals surface area contributed by atoms with E-state index in [2.05, 4.69) is 15.1 Å². The first kappa shape index (κ1) is 12.9. The van der Waals surface area contributed by atoms with E-state index in [0.717, 1.165) is 0 Å².